The fourth-order valence-electron chi connectivity index (χ4n) is 4.04. The number of rotatable bonds is 5. The minimum absolute atomic E-state index is 0.406. The van der Waals surface area contributed by atoms with Crippen LogP contribution in [0.3, 0.4) is 0 Å². The summed E-state index contributed by atoms with van der Waals surface area (Å²) in [6.45, 7) is 6.53. The molecule has 35 heavy (non-hydrogen) atoms. The van der Waals surface area contributed by atoms with Crippen LogP contribution in [-0.2, 0) is 4.74 Å². The first-order chi connectivity index (χ1) is 17.0. The Morgan fingerprint density at radius 3 is 2.43 bits per heavy atom. The zero-order valence-electron chi connectivity index (χ0n) is 21.4. The normalized spacial score (nSPS) is 18.3. The van der Waals surface area contributed by atoms with Crippen molar-refractivity contribution in [2.24, 2.45) is 11.7 Å². The molecular formula is C27H43ClN6O. The molecule has 0 amide bonds. The monoisotopic (exact) mass is 502 g/mol. The molecule has 1 aliphatic heterocycles. The lowest BCUT2D eigenvalue weighted by atomic mass is 10.0. The number of ether oxygens (including phenoxy) is 1. The lowest BCUT2D eigenvalue weighted by Crippen LogP contribution is -2.15. The summed E-state index contributed by atoms with van der Waals surface area (Å²) in [5, 5.41) is 3.87. The minimum atomic E-state index is 0.406. The van der Waals surface area contributed by atoms with Gasteiger partial charge in [0, 0.05) is 37.2 Å². The topological polar surface area (TPSA) is 112 Å². The van der Waals surface area contributed by atoms with Crippen LogP contribution in [0.25, 0.3) is 11.3 Å². The number of halogens is 1. The molecule has 194 valence electrons. The highest BCUT2D eigenvalue weighted by Gasteiger charge is 2.13. The molecule has 2 aromatic heterocycles. The summed E-state index contributed by atoms with van der Waals surface area (Å²) in [6, 6.07) is 1.71. The maximum atomic E-state index is 6.18. The van der Waals surface area contributed by atoms with Gasteiger partial charge in [-0.25, -0.2) is 9.97 Å². The van der Waals surface area contributed by atoms with E-state index in [1.54, 1.807) is 18.5 Å². The standard InChI is InChI=1S/C16H20ClN5O.C6H12.C5H11N/c17-13-8-20-15(18)6-12(13)14-9-19-10-16(22-14)21-7-11-2-1-4-23-5-3-11;1-2-4-6-5-3-1;1-3-4-5(2)6/h6,8-11H,1-5,7H2,(H2,18,20)(H,21,22);1-6H2;4H,3,6H2,1-2H3/b;;5-4-. The van der Waals surface area contributed by atoms with Crippen molar-refractivity contribution in [1.29, 1.82) is 0 Å². The summed E-state index contributed by atoms with van der Waals surface area (Å²) >= 11 is 6.18. The number of hydrogen-bond donors (Lipinski definition) is 3. The first-order valence-corrected chi connectivity index (χ1v) is 13.3. The third kappa shape index (κ3) is 12.2. The number of hydrogen-bond acceptors (Lipinski definition) is 7. The highest BCUT2D eigenvalue weighted by Crippen LogP contribution is 2.27. The molecule has 1 aliphatic carbocycles. The van der Waals surface area contributed by atoms with Crippen LogP contribution in [0.4, 0.5) is 11.6 Å². The smallest absolute Gasteiger partial charge is 0.145 e. The van der Waals surface area contributed by atoms with Gasteiger partial charge < -0.3 is 21.5 Å². The zero-order valence-corrected chi connectivity index (χ0v) is 22.2. The summed E-state index contributed by atoms with van der Waals surface area (Å²) in [7, 11) is 0. The summed E-state index contributed by atoms with van der Waals surface area (Å²) in [5.41, 5.74) is 13.3. The predicted molar refractivity (Wildman–Crippen MR) is 147 cm³/mol. The first kappa shape index (κ1) is 28.9. The summed E-state index contributed by atoms with van der Waals surface area (Å²) in [4.78, 5) is 12.8. The van der Waals surface area contributed by atoms with Crippen LogP contribution < -0.4 is 16.8 Å². The van der Waals surface area contributed by atoms with Crippen LogP contribution in [0.2, 0.25) is 5.02 Å². The number of nitrogen functional groups attached to an aromatic ring is 1. The van der Waals surface area contributed by atoms with Gasteiger partial charge in [0.25, 0.3) is 0 Å². The molecule has 8 heteroatoms. The third-order valence-electron chi connectivity index (χ3n) is 5.96. The van der Waals surface area contributed by atoms with Crippen molar-refractivity contribution >= 4 is 23.2 Å². The van der Waals surface area contributed by atoms with E-state index in [-0.39, 0.29) is 0 Å². The largest absolute Gasteiger partial charge is 0.403 e. The van der Waals surface area contributed by atoms with Gasteiger partial charge in [0.2, 0.25) is 0 Å². The minimum Gasteiger partial charge on any atom is -0.403 e. The van der Waals surface area contributed by atoms with Crippen LogP contribution >= 0.6 is 11.6 Å². The number of nitrogens with two attached hydrogens (primary N) is 2. The van der Waals surface area contributed by atoms with E-state index >= 15 is 0 Å². The molecule has 3 heterocycles. The molecular weight excluding hydrogens is 460 g/mol. The fourth-order valence-corrected chi connectivity index (χ4v) is 4.24. The van der Waals surface area contributed by atoms with E-state index in [9.17, 15) is 0 Å². The molecule has 0 bridgehead atoms. The quantitative estimate of drug-likeness (QED) is 0.422. The summed E-state index contributed by atoms with van der Waals surface area (Å²) in [5.74, 6) is 1.74. The molecule has 7 nitrogen and oxygen atoms in total. The molecule has 1 saturated heterocycles. The Labute approximate surface area is 216 Å². The van der Waals surface area contributed by atoms with Crippen molar-refractivity contribution in [3.63, 3.8) is 0 Å². The van der Waals surface area contributed by atoms with Crippen LogP contribution in [0.1, 0.15) is 78.1 Å². The molecule has 0 aromatic carbocycles. The molecule has 0 spiro atoms. The van der Waals surface area contributed by atoms with Crippen molar-refractivity contribution in [1.82, 2.24) is 15.0 Å². The molecule has 2 aliphatic rings. The van der Waals surface area contributed by atoms with Gasteiger partial charge in [-0.05, 0) is 44.6 Å². The molecule has 1 unspecified atom stereocenters. The number of anilines is 2. The second-order valence-corrected chi connectivity index (χ2v) is 9.55. The van der Waals surface area contributed by atoms with E-state index in [1.165, 1.54) is 51.1 Å². The van der Waals surface area contributed by atoms with E-state index < -0.39 is 0 Å². The highest BCUT2D eigenvalue weighted by atomic mass is 35.5. The lowest BCUT2D eigenvalue weighted by molar-refractivity contribution is 0.142. The predicted octanol–water partition coefficient (Wildman–Crippen LogP) is 6.60. The Kier molecular flexibility index (Phi) is 14.1. The Hall–Kier alpha value is -2.38. The molecule has 2 aromatic rings. The van der Waals surface area contributed by atoms with E-state index in [2.05, 4.69) is 27.2 Å². The number of nitrogens with zero attached hydrogens (tertiary/aromatic N) is 3. The molecule has 1 saturated carbocycles. The van der Waals surface area contributed by atoms with Crippen molar-refractivity contribution in [3.8, 4) is 11.3 Å². The SMILES string of the molecule is C1CCCCC1.CC/C=C(/C)N.Nc1cc(-c2cncc(NCC3CCCOCC3)n2)c(Cl)cn1. The molecule has 1 atom stereocenters. The second-order valence-electron chi connectivity index (χ2n) is 9.15. The van der Waals surface area contributed by atoms with Gasteiger partial charge in [-0.15, -0.1) is 0 Å². The van der Waals surface area contributed by atoms with Gasteiger partial charge in [-0.1, -0.05) is 63.1 Å². The number of pyridine rings is 1. The number of allylic oxidation sites excluding steroid dienone is 2. The van der Waals surface area contributed by atoms with Gasteiger partial charge in [-0.3, -0.25) is 4.98 Å². The fraction of sp³-hybridized carbons (Fsp3) is 0.593. The Morgan fingerprint density at radius 1 is 1.09 bits per heavy atom. The van der Waals surface area contributed by atoms with Gasteiger partial charge >= 0.3 is 0 Å². The van der Waals surface area contributed by atoms with Crippen LogP contribution in [-0.4, -0.2) is 34.7 Å². The molecule has 2 fully saturated rings. The summed E-state index contributed by atoms with van der Waals surface area (Å²) in [6.07, 6.45) is 20.3. The van der Waals surface area contributed by atoms with Crippen molar-refractivity contribution in [2.75, 3.05) is 30.8 Å². The zero-order chi connectivity index (χ0) is 25.3. The average Bonchev–Trinajstić information content (AvgIpc) is 3.15. The second kappa shape index (κ2) is 17.1. The van der Waals surface area contributed by atoms with Crippen LogP contribution in [0.5, 0.6) is 0 Å². The van der Waals surface area contributed by atoms with E-state index in [1.807, 2.05) is 13.0 Å². The highest BCUT2D eigenvalue weighted by molar-refractivity contribution is 6.33. The lowest BCUT2D eigenvalue weighted by Gasteiger charge is -2.15. The Balaban J connectivity index is 0.000000296. The van der Waals surface area contributed by atoms with E-state index in [0.29, 0.717) is 22.5 Å². The van der Waals surface area contributed by atoms with Crippen LogP contribution in [0, 0.1) is 5.92 Å². The van der Waals surface area contributed by atoms with Crippen molar-refractivity contribution in [2.45, 2.75) is 78.1 Å². The molecule has 5 N–H and O–H groups in total. The maximum Gasteiger partial charge on any atom is 0.145 e. The first-order valence-electron chi connectivity index (χ1n) is 13.0. The average molecular weight is 503 g/mol. The van der Waals surface area contributed by atoms with Crippen LogP contribution in [0.15, 0.2) is 36.4 Å². The van der Waals surface area contributed by atoms with Gasteiger partial charge in [-0.2, -0.15) is 0 Å². The van der Waals surface area contributed by atoms with Gasteiger partial charge in [0.05, 0.1) is 23.1 Å². The Bertz CT molecular complexity index is 864. The molecule has 4 rings (SSSR count). The third-order valence-corrected chi connectivity index (χ3v) is 6.26. The Morgan fingerprint density at radius 2 is 1.80 bits per heavy atom. The number of aromatic nitrogens is 3. The van der Waals surface area contributed by atoms with E-state index in [0.717, 1.165) is 56.1 Å². The van der Waals surface area contributed by atoms with Crippen molar-refractivity contribution < 1.29 is 4.74 Å². The van der Waals surface area contributed by atoms with E-state index in [4.69, 9.17) is 27.8 Å². The molecule has 0 radical (unpaired) electrons. The number of nitrogens with one attached hydrogen (secondary N) is 1. The van der Waals surface area contributed by atoms with Gasteiger partial charge in [0.15, 0.2) is 0 Å². The maximum absolute atomic E-state index is 6.18. The van der Waals surface area contributed by atoms with Gasteiger partial charge in [0.1, 0.15) is 11.6 Å². The van der Waals surface area contributed by atoms with Crippen molar-refractivity contribution in [3.05, 3.63) is 41.5 Å². The summed E-state index contributed by atoms with van der Waals surface area (Å²) < 4.78 is 5.49.